The minimum absolute atomic E-state index is 0.0713. The Kier molecular flexibility index (Phi) is 5.00. The average molecular weight is 382 g/mol. The second-order valence-corrected chi connectivity index (χ2v) is 7.42. The maximum atomic E-state index is 13.5. The van der Waals surface area contributed by atoms with Gasteiger partial charge >= 0.3 is 0 Å². The van der Waals surface area contributed by atoms with Crippen molar-refractivity contribution in [1.29, 1.82) is 0 Å². The van der Waals surface area contributed by atoms with Gasteiger partial charge in [0.25, 0.3) is 0 Å². The predicted molar refractivity (Wildman–Crippen MR) is 105 cm³/mol. The minimum atomic E-state index is -1.04. The average Bonchev–Trinajstić information content (AvgIpc) is 3.21. The van der Waals surface area contributed by atoms with Crippen LogP contribution in [-0.4, -0.2) is 46.8 Å². The number of aliphatic hydroxyl groups excluding tert-OH is 2. The maximum absolute atomic E-state index is 13.5. The van der Waals surface area contributed by atoms with Crippen molar-refractivity contribution in [3.63, 3.8) is 0 Å². The largest absolute Gasteiger partial charge is 0.487 e. The number of aromatic nitrogens is 1. The number of rotatable bonds is 4. The summed E-state index contributed by atoms with van der Waals surface area (Å²) in [6.45, 7) is 2.03. The number of benzene rings is 1. The molecule has 28 heavy (non-hydrogen) atoms. The topological polar surface area (TPSA) is 74.9 Å². The van der Waals surface area contributed by atoms with Gasteiger partial charge in [-0.3, -0.25) is 9.98 Å². The van der Waals surface area contributed by atoms with Crippen LogP contribution < -0.4 is 4.74 Å². The second kappa shape index (κ2) is 7.45. The molecule has 1 heterocycles. The number of nitrogens with zero attached hydrogens (tertiary/aromatic N) is 2. The van der Waals surface area contributed by atoms with E-state index in [0.29, 0.717) is 17.7 Å². The van der Waals surface area contributed by atoms with E-state index in [1.807, 2.05) is 25.1 Å². The molecular formula is C22H23FN2O3. The summed E-state index contributed by atoms with van der Waals surface area (Å²) in [7, 11) is 1.59. The number of hydrogen-bond acceptors (Lipinski definition) is 5. The Balaban J connectivity index is 1.57. The third-order valence-electron chi connectivity index (χ3n) is 5.68. The first-order chi connectivity index (χ1) is 13.5. The normalized spacial score (nSPS) is 28.8. The van der Waals surface area contributed by atoms with Gasteiger partial charge in [0.2, 0.25) is 0 Å². The number of aryl methyl sites for hydroxylation is 1. The highest BCUT2D eigenvalue weighted by molar-refractivity contribution is 5.83. The van der Waals surface area contributed by atoms with Crippen LogP contribution in [0.5, 0.6) is 5.75 Å². The van der Waals surface area contributed by atoms with Gasteiger partial charge in [-0.05, 0) is 48.7 Å². The smallest absolute Gasteiger partial charge is 0.128 e. The van der Waals surface area contributed by atoms with Crippen molar-refractivity contribution in [2.24, 2.45) is 10.9 Å². The van der Waals surface area contributed by atoms with Gasteiger partial charge in [0, 0.05) is 36.9 Å². The number of pyridine rings is 1. The van der Waals surface area contributed by atoms with E-state index < -0.39 is 18.3 Å². The number of fused-ring (bicyclic) bond motifs is 1. The second-order valence-electron chi connectivity index (χ2n) is 7.42. The van der Waals surface area contributed by atoms with E-state index in [2.05, 4.69) is 9.98 Å². The summed E-state index contributed by atoms with van der Waals surface area (Å²) in [5, 5.41) is 21.3. The molecule has 2 aromatic rings. The molecule has 1 fully saturated rings. The van der Waals surface area contributed by atoms with Crippen molar-refractivity contribution in [3.8, 4) is 5.75 Å². The summed E-state index contributed by atoms with van der Waals surface area (Å²) in [4.78, 5) is 8.43. The Morgan fingerprint density at radius 1 is 1.25 bits per heavy atom. The Morgan fingerprint density at radius 3 is 2.86 bits per heavy atom. The standard InChI is InChI=1S/C22H23FN2O3/c1-12-7-8-25-20-15(12)4-5-16(20)17-10-19(22(27)21(17)26)28-18-6-3-14(23)9-13(18)11-24-2/h3-9,11,16-17,19,21-22,26-27H,10H2,1-2H3/b24-11-/t16-,17?,19+,21+,22-/m0/s1. The summed E-state index contributed by atoms with van der Waals surface area (Å²) >= 11 is 0. The van der Waals surface area contributed by atoms with Crippen LogP contribution in [0.1, 0.15) is 34.7 Å². The molecule has 5 nitrogen and oxygen atoms in total. The monoisotopic (exact) mass is 382 g/mol. The van der Waals surface area contributed by atoms with E-state index in [1.54, 1.807) is 13.2 Å². The molecule has 146 valence electrons. The number of hydrogen-bond donors (Lipinski definition) is 2. The van der Waals surface area contributed by atoms with Gasteiger partial charge in [0.1, 0.15) is 23.8 Å². The number of ether oxygens (including phenoxy) is 1. The fourth-order valence-corrected chi connectivity index (χ4v) is 4.24. The SMILES string of the molecule is C/N=C\c1cc(F)ccc1O[C@@H]1CC([C@@H]2C=Cc3c(C)ccnc32)[C@@H](O)[C@H]1O. The molecule has 1 aromatic carbocycles. The summed E-state index contributed by atoms with van der Waals surface area (Å²) in [6.07, 6.45) is 5.25. The molecular weight excluding hydrogens is 359 g/mol. The van der Waals surface area contributed by atoms with Crippen LogP contribution >= 0.6 is 0 Å². The summed E-state index contributed by atoms with van der Waals surface area (Å²) in [5.41, 5.74) is 3.64. The zero-order valence-corrected chi connectivity index (χ0v) is 15.8. The van der Waals surface area contributed by atoms with E-state index in [0.717, 1.165) is 16.8 Å². The Morgan fingerprint density at radius 2 is 2.07 bits per heavy atom. The molecule has 1 unspecified atom stereocenters. The highest BCUT2D eigenvalue weighted by Gasteiger charge is 2.47. The van der Waals surface area contributed by atoms with Crippen molar-refractivity contribution in [1.82, 2.24) is 4.98 Å². The first kappa shape index (κ1) is 18.8. The highest BCUT2D eigenvalue weighted by Crippen LogP contribution is 2.44. The first-order valence-corrected chi connectivity index (χ1v) is 9.37. The fourth-order valence-electron chi connectivity index (χ4n) is 4.24. The lowest BCUT2D eigenvalue weighted by molar-refractivity contribution is -0.0193. The molecule has 5 atom stereocenters. The number of aliphatic hydroxyl groups is 2. The molecule has 4 rings (SSSR count). The molecule has 0 amide bonds. The number of halogens is 1. The molecule has 1 saturated carbocycles. The summed E-state index contributed by atoms with van der Waals surface area (Å²) in [5.74, 6) is -0.241. The molecule has 2 aliphatic carbocycles. The predicted octanol–water partition coefficient (Wildman–Crippen LogP) is 2.88. The van der Waals surface area contributed by atoms with Crippen LogP contribution in [0.25, 0.3) is 6.08 Å². The van der Waals surface area contributed by atoms with Crippen molar-refractivity contribution < 1.29 is 19.3 Å². The van der Waals surface area contributed by atoms with E-state index >= 15 is 0 Å². The lowest BCUT2D eigenvalue weighted by Crippen LogP contribution is -2.34. The van der Waals surface area contributed by atoms with Crippen LogP contribution in [0.4, 0.5) is 4.39 Å². The van der Waals surface area contributed by atoms with Gasteiger partial charge in [-0.1, -0.05) is 12.2 Å². The van der Waals surface area contributed by atoms with Gasteiger partial charge in [0.05, 0.1) is 11.8 Å². The van der Waals surface area contributed by atoms with E-state index in [9.17, 15) is 14.6 Å². The lowest BCUT2D eigenvalue weighted by Gasteiger charge is -2.22. The van der Waals surface area contributed by atoms with Gasteiger partial charge < -0.3 is 14.9 Å². The van der Waals surface area contributed by atoms with Crippen LogP contribution in [0.15, 0.2) is 41.5 Å². The molecule has 0 bridgehead atoms. The van der Waals surface area contributed by atoms with Crippen LogP contribution in [0, 0.1) is 18.7 Å². The van der Waals surface area contributed by atoms with Crippen molar-refractivity contribution in [3.05, 3.63) is 64.7 Å². The summed E-state index contributed by atoms with van der Waals surface area (Å²) in [6, 6.07) is 6.12. The van der Waals surface area contributed by atoms with Crippen molar-refractivity contribution in [2.75, 3.05) is 7.05 Å². The van der Waals surface area contributed by atoms with Crippen molar-refractivity contribution >= 4 is 12.3 Å². The Bertz CT molecular complexity index is 943. The van der Waals surface area contributed by atoms with Crippen LogP contribution in [0.3, 0.4) is 0 Å². The van der Waals surface area contributed by atoms with Gasteiger partial charge in [-0.2, -0.15) is 0 Å². The quantitative estimate of drug-likeness (QED) is 0.798. The third-order valence-corrected chi connectivity index (χ3v) is 5.68. The van der Waals surface area contributed by atoms with Crippen molar-refractivity contribution in [2.45, 2.75) is 37.6 Å². The molecule has 0 saturated heterocycles. The van der Waals surface area contributed by atoms with E-state index in [4.69, 9.17) is 4.74 Å². The minimum Gasteiger partial charge on any atom is -0.487 e. The fraction of sp³-hybridized carbons (Fsp3) is 0.364. The van der Waals surface area contributed by atoms with Gasteiger partial charge in [-0.25, -0.2) is 4.39 Å². The number of allylic oxidation sites excluding steroid dienone is 1. The van der Waals surface area contributed by atoms with Crippen LogP contribution in [0.2, 0.25) is 0 Å². The molecule has 2 N–H and O–H groups in total. The third kappa shape index (κ3) is 3.23. The Labute approximate surface area is 163 Å². The Hall–Kier alpha value is -2.57. The maximum Gasteiger partial charge on any atom is 0.128 e. The first-order valence-electron chi connectivity index (χ1n) is 9.37. The number of aliphatic imine (C=N–C) groups is 1. The van der Waals surface area contributed by atoms with Gasteiger partial charge in [-0.15, -0.1) is 0 Å². The van der Waals surface area contributed by atoms with E-state index in [-0.39, 0.29) is 17.7 Å². The zero-order valence-electron chi connectivity index (χ0n) is 15.8. The molecule has 1 aromatic heterocycles. The zero-order chi connectivity index (χ0) is 19.8. The molecule has 0 spiro atoms. The molecule has 0 radical (unpaired) electrons. The molecule has 6 heteroatoms. The van der Waals surface area contributed by atoms with Gasteiger partial charge in [0.15, 0.2) is 0 Å². The lowest BCUT2D eigenvalue weighted by atomic mass is 9.87. The van der Waals surface area contributed by atoms with E-state index in [1.165, 1.54) is 24.4 Å². The molecule has 0 aliphatic heterocycles. The van der Waals surface area contributed by atoms with Crippen LogP contribution in [-0.2, 0) is 0 Å². The summed E-state index contributed by atoms with van der Waals surface area (Å²) < 4.78 is 19.5. The molecule has 2 aliphatic rings. The highest BCUT2D eigenvalue weighted by atomic mass is 19.1.